The van der Waals surface area contributed by atoms with E-state index in [1.807, 2.05) is 19.1 Å². The Morgan fingerprint density at radius 3 is 2.79 bits per heavy atom. The van der Waals surface area contributed by atoms with Crippen molar-refractivity contribution >= 4 is 17.6 Å². The van der Waals surface area contributed by atoms with Crippen LogP contribution in [0.5, 0.6) is 0 Å². The van der Waals surface area contributed by atoms with Crippen molar-refractivity contribution in [1.29, 1.82) is 0 Å². The first kappa shape index (κ1) is 13.5. The van der Waals surface area contributed by atoms with E-state index in [0.717, 1.165) is 23.2 Å². The molecule has 5 nitrogen and oxygen atoms in total. The summed E-state index contributed by atoms with van der Waals surface area (Å²) in [5.74, 6) is -0.888. The van der Waals surface area contributed by atoms with Crippen LogP contribution in [-0.2, 0) is 16.0 Å². The number of nitrogens with two attached hydrogens (primary N) is 1. The van der Waals surface area contributed by atoms with E-state index in [9.17, 15) is 9.59 Å². The molecule has 1 aromatic rings. The standard InChI is InChI=1S/C14H18N2O3/c1-8-5-11-6-10(12(15)7-14(18)19)3-4-13(11)16(8)9(2)17/h3-4,6,8,12H,5,7,15H2,1-2H3,(H,18,19). The third-order valence-electron chi connectivity index (χ3n) is 3.48. The molecule has 2 unspecified atom stereocenters. The van der Waals surface area contributed by atoms with Gasteiger partial charge in [-0.2, -0.15) is 0 Å². The van der Waals surface area contributed by atoms with Gasteiger partial charge in [0.25, 0.3) is 0 Å². The number of aliphatic carboxylic acids is 1. The quantitative estimate of drug-likeness (QED) is 0.863. The summed E-state index contributed by atoms with van der Waals surface area (Å²) in [6.45, 7) is 3.55. The number of fused-ring (bicyclic) bond motifs is 1. The van der Waals surface area contributed by atoms with Gasteiger partial charge in [-0.05, 0) is 30.5 Å². The molecule has 0 spiro atoms. The molecule has 0 aromatic heterocycles. The molecule has 0 radical (unpaired) electrons. The fourth-order valence-corrected chi connectivity index (χ4v) is 2.67. The Balaban J connectivity index is 2.29. The average molecular weight is 262 g/mol. The van der Waals surface area contributed by atoms with Gasteiger partial charge in [0.2, 0.25) is 5.91 Å². The second-order valence-corrected chi connectivity index (χ2v) is 5.03. The zero-order valence-electron chi connectivity index (χ0n) is 11.1. The number of carbonyl (C=O) groups is 2. The fraction of sp³-hybridized carbons (Fsp3) is 0.429. The monoisotopic (exact) mass is 262 g/mol. The first-order valence-corrected chi connectivity index (χ1v) is 6.30. The van der Waals surface area contributed by atoms with E-state index >= 15 is 0 Å². The molecule has 1 amide bonds. The minimum Gasteiger partial charge on any atom is -0.481 e. The summed E-state index contributed by atoms with van der Waals surface area (Å²) >= 11 is 0. The molecule has 2 rings (SSSR count). The van der Waals surface area contributed by atoms with Crippen LogP contribution in [0.1, 0.15) is 37.4 Å². The Morgan fingerprint density at radius 2 is 2.21 bits per heavy atom. The van der Waals surface area contributed by atoms with E-state index < -0.39 is 12.0 Å². The largest absolute Gasteiger partial charge is 0.481 e. The summed E-state index contributed by atoms with van der Waals surface area (Å²) < 4.78 is 0. The highest BCUT2D eigenvalue weighted by atomic mass is 16.4. The van der Waals surface area contributed by atoms with Crippen molar-refractivity contribution in [3.05, 3.63) is 29.3 Å². The third-order valence-corrected chi connectivity index (χ3v) is 3.48. The molecule has 19 heavy (non-hydrogen) atoms. The van der Waals surface area contributed by atoms with Crippen molar-refractivity contribution in [2.24, 2.45) is 5.73 Å². The molecular weight excluding hydrogens is 244 g/mol. The van der Waals surface area contributed by atoms with Gasteiger partial charge in [0.15, 0.2) is 0 Å². The number of carbonyl (C=O) groups excluding carboxylic acids is 1. The number of hydrogen-bond acceptors (Lipinski definition) is 3. The van der Waals surface area contributed by atoms with Crippen LogP contribution >= 0.6 is 0 Å². The van der Waals surface area contributed by atoms with Crippen molar-refractivity contribution in [1.82, 2.24) is 0 Å². The van der Waals surface area contributed by atoms with E-state index in [4.69, 9.17) is 10.8 Å². The maximum Gasteiger partial charge on any atom is 0.305 e. The molecule has 1 aromatic carbocycles. The summed E-state index contributed by atoms with van der Waals surface area (Å²) in [5.41, 5.74) is 8.63. The number of anilines is 1. The molecule has 1 aliphatic heterocycles. The number of carboxylic acid groups (broad SMARTS) is 1. The molecule has 2 atom stereocenters. The third kappa shape index (κ3) is 2.61. The van der Waals surface area contributed by atoms with Crippen LogP contribution in [0.4, 0.5) is 5.69 Å². The first-order chi connectivity index (χ1) is 8.90. The van der Waals surface area contributed by atoms with Gasteiger partial charge in [-0.25, -0.2) is 0 Å². The molecule has 0 aliphatic carbocycles. The molecule has 1 heterocycles. The van der Waals surface area contributed by atoms with Gasteiger partial charge in [-0.15, -0.1) is 0 Å². The highest BCUT2D eigenvalue weighted by Gasteiger charge is 2.29. The van der Waals surface area contributed by atoms with Crippen molar-refractivity contribution < 1.29 is 14.7 Å². The smallest absolute Gasteiger partial charge is 0.305 e. The van der Waals surface area contributed by atoms with Gasteiger partial charge in [0.1, 0.15) is 0 Å². The topological polar surface area (TPSA) is 83.6 Å². The fourth-order valence-electron chi connectivity index (χ4n) is 2.67. The normalized spacial score (nSPS) is 19.1. The lowest BCUT2D eigenvalue weighted by Gasteiger charge is -2.20. The summed E-state index contributed by atoms with van der Waals surface area (Å²) in [4.78, 5) is 24.1. The van der Waals surface area contributed by atoms with Gasteiger partial charge in [-0.3, -0.25) is 9.59 Å². The maximum atomic E-state index is 11.6. The van der Waals surface area contributed by atoms with E-state index in [-0.39, 0.29) is 18.4 Å². The summed E-state index contributed by atoms with van der Waals surface area (Å²) in [5, 5.41) is 8.76. The minimum absolute atomic E-state index is 0.0221. The molecular formula is C14H18N2O3. The zero-order chi connectivity index (χ0) is 14.2. The average Bonchev–Trinajstić information content (AvgIpc) is 2.62. The molecule has 0 bridgehead atoms. The Bertz CT molecular complexity index is 527. The van der Waals surface area contributed by atoms with Crippen LogP contribution in [0.15, 0.2) is 18.2 Å². The SMILES string of the molecule is CC(=O)N1c2ccc(C(N)CC(=O)O)cc2CC1C. The van der Waals surface area contributed by atoms with Gasteiger partial charge < -0.3 is 15.7 Å². The number of amides is 1. The summed E-state index contributed by atoms with van der Waals surface area (Å²) in [6.07, 6.45) is 0.688. The van der Waals surface area contributed by atoms with Crippen LogP contribution in [0.2, 0.25) is 0 Å². The second-order valence-electron chi connectivity index (χ2n) is 5.03. The summed E-state index contributed by atoms with van der Waals surface area (Å²) in [6, 6.07) is 5.21. The molecule has 0 saturated heterocycles. The van der Waals surface area contributed by atoms with E-state index in [2.05, 4.69) is 0 Å². The van der Waals surface area contributed by atoms with Crippen LogP contribution in [0, 0.1) is 0 Å². The van der Waals surface area contributed by atoms with E-state index in [1.165, 1.54) is 0 Å². The maximum absolute atomic E-state index is 11.6. The Kier molecular flexibility index (Phi) is 3.57. The van der Waals surface area contributed by atoms with Gasteiger partial charge >= 0.3 is 5.97 Å². The number of rotatable bonds is 3. The van der Waals surface area contributed by atoms with Crippen LogP contribution in [-0.4, -0.2) is 23.0 Å². The Labute approximate surface area is 112 Å². The Morgan fingerprint density at radius 1 is 1.53 bits per heavy atom. The van der Waals surface area contributed by atoms with Crippen LogP contribution in [0.3, 0.4) is 0 Å². The molecule has 5 heteroatoms. The van der Waals surface area contributed by atoms with Crippen LogP contribution < -0.4 is 10.6 Å². The van der Waals surface area contributed by atoms with Gasteiger partial charge in [0, 0.05) is 24.7 Å². The van der Waals surface area contributed by atoms with Gasteiger partial charge in [-0.1, -0.05) is 12.1 Å². The van der Waals surface area contributed by atoms with E-state index in [1.54, 1.807) is 17.9 Å². The zero-order valence-corrected chi connectivity index (χ0v) is 11.1. The highest BCUT2D eigenvalue weighted by Crippen LogP contribution is 2.34. The second kappa shape index (κ2) is 5.01. The number of hydrogen-bond donors (Lipinski definition) is 2. The van der Waals surface area contributed by atoms with Crippen molar-refractivity contribution in [3.63, 3.8) is 0 Å². The number of carboxylic acids is 1. The van der Waals surface area contributed by atoms with E-state index in [0.29, 0.717) is 0 Å². The predicted octanol–water partition coefficient (Wildman–Crippen LogP) is 1.46. The molecule has 102 valence electrons. The molecule has 1 aliphatic rings. The Hall–Kier alpha value is -1.88. The molecule has 0 fully saturated rings. The molecule has 0 saturated carbocycles. The van der Waals surface area contributed by atoms with Gasteiger partial charge in [0.05, 0.1) is 6.42 Å². The van der Waals surface area contributed by atoms with Crippen molar-refractivity contribution in [3.8, 4) is 0 Å². The highest BCUT2D eigenvalue weighted by molar-refractivity contribution is 5.94. The lowest BCUT2D eigenvalue weighted by Crippen LogP contribution is -2.33. The first-order valence-electron chi connectivity index (χ1n) is 6.30. The number of benzene rings is 1. The van der Waals surface area contributed by atoms with Crippen molar-refractivity contribution in [2.75, 3.05) is 4.90 Å². The number of nitrogens with zero attached hydrogens (tertiary/aromatic N) is 1. The summed E-state index contributed by atoms with van der Waals surface area (Å²) in [7, 11) is 0. The lowest BCUT2D eigenvalue weighted by atomic mass is 10.0. The minimum atomic E-state index is -0.910. The molecule has 3 N–H and O–H groups in total. The van der Waals surface area contributed by atoms with Crippen LogP contribution in [0.25, 0.3) is 0 Å². The van der Waals surface area contributed by atoms with Crippen molar-refractivity contribution in [2.45, 2.75) is 38.8 Å². The lowest BCUT2D eigenvalue weighted by molar-refractivity contribution is -0.137. The predicted molar refractivity (Wildman–Crippen MR) is 71.9 cm³/mol.